The van der Waals surface area contributed by atoms with Gasteiger partial charge in [-0.25, -0.2) is 4.39 Å². The first-order chi connectivity index (χ1) is 10.6. The van der Waals surface area contributed by atoms with Crippen molar-refractivity contribution >= 4 is 17.3 Å². The molecule has 22 heavy (non-hydrogen) atoms. The SMILES string of the molecule is O=C(O)C1CCCN(Cc2ccc(-c3ccc(F)cc3)s2)C1. The monoisotopic (exact) mass is 319 g/mol. The smallest absolute Gasteiger partial charge is 0.307 e. The summed E-state index contributed by atoms with van der Waals surface area (Å²) in [6, 6.07) is 10.6. The average molecular weight is 319 g/mol. The van der Waals surface area contributed by atoms with E-state index < -0.39 is 5.97 Å². The Balaban J connectivity index is 1.66. The van der Waals surface area contributed by atoms with Gasteiger partial charge in [-0.05, 0) is 49.2 Å². The third kappa shape index (κ3) is 3.54. The second-order valence-electron chi connectivity index (χ2n) is 5.69. The van der Waals surface area contributed by atoms with Gasteiger partial charge >= 0.3 is 5.97 Å². The molecule has 1 fully saturated rings. The van der Waals surface area contributed by atoms with Crippen LogP contribution in [0.1, 0.15) is 17.7 Å². The maximum absolute atomic E-state index is 13.0. The van der Waals surface area contributed by atoms with Crippen molar-refractivity contribution in [2.24, 2.45) is 5.92 Å². The van der Waals surface area contributed by atoms with E-state index in [4.69, 9.17) is 5.11 Å². The van der Waals surface area contributed by atoms with E-state index in [1.807, 2.05) is 6.07 Å². The number of likely N-dealkylation sites (tertiary alicyclic amines) is 1. The molecule has 0 amide bonds. The van der Waals surface area contributed by atoms with Crippen LogP contribution in [0.4, 0.5) is 4.39 Å². The number of nitrogens with zero attached hydrogens (tertiary/aromatic N) is 1. The van der Waals surface area contributed by atoms with Gasteiger partial charge < -0.3 is 5.11 Å². The van der Waals surface area contributed by atoms with Crippen LogP contribution in [0.3, 0.4) is 0 Å². The van der Waals surface area contributed by atoms with Gasteiger partial charge in [0.1, 0.15) is 5.82 Å². The van der Waals surface area contributed by atoms with E-state index in [9.17, 15) is 9.18 Å². The first kappa shape index (κ1) is 15.2. The van der Waals surface area contributed by atoms with Crippen molar-refractivity contribution in [1.82, 2.24) is 4.90 Å². The predicted octanol–water partition coefficient (Wildman–Crippen LogP) is 3.85. The molecular formula is C17H18FNO2S. The molecule has 2 aromatic rings. The van der Waals surface area contributed by atoms with Gasteiger partial charge in [0.2, 0.25) is 0 Å². The molecule has 1 aromatic carbocycles. The zero-order valence-electron chi connectivity index (χ0n) is 12.2. The summed E-state index contributed by atoms with van der Waals surface area (Å²) in [4.78, 5) is 15.7. The van der Waals surface area contributed by atoms with Gasteiger partial charge in [-0.2, -0.15) is 0 Å². The third-order valence-electron chi connectivity index (χ3n) is 4.02. The number of hydrogen-bond acceptors (Lipinski definition) is 3. The van der Waals surface area contributed by atoms with E-state index >= 15 is 0 Å². The molecule has 1 atom stereocenters. The molecule has 1 aliphatic heterocycles. The molecule has 0 spiro atoms. The minimum absolute atomic E-state index is 0.228. The molecule has 1 saturated heterocycles. The Kier molecular flexibility index (Phi) is 4.55. The predicted molar refractivity (Wildman–Crippen MR) is 85.3 cm³/mol. The van der Waals surface area contributed by atoms with Crippen LogP contribution in [0.2, 0.25) is 0 Å². The number of carbonyl (C=O) groups is 1. The number of carboxylic acids is 1. The normalized spacial score (nSPS) is 19.2. The summed E-state index contributed by atoms with van der Waals surface area (Å²) < 4.78 is 13.0. The molecule has 0 aliphatic carbocycles. The summed E-state index contributed by atoms with van der Waals surface area (Å²) in [6.45, 7) is 2.36. The van der Waals surface area contributed by atoms with Gasteiger partial charge in [-0.15, -0.1) is 11.3 Å². The molecule has 1 aliphatic rings. The minimum atomic E-state index is -0.692. The molecular weight excluding hydrogens is 301 g/mol. The topological polar surface area (TPSA) is 40.5 Å². The van der Waals surface area contributed by atoms with Gasteiger partial charge in [-0.3, -0.25) is 9.69 Å². The Hall–Kier alpha value is -1.72. The molecule has 116 valence electrons. The van der Waals surface area contributed by atoms with Gasteiger partial charge in [0, 0.05) is 22.8 Å². The first-order valence-corrected chi connectivity index (χ1v) is 8.23. The number of carboxylic acid groups (broad SMARTS) is 1. The quantitative estimate of drug-likeness (QED) is 0.930. The van der Waals surface area contributed by atoms with E-state index in [-0.39, 0.29) is 11.7 Å². The Morgan fingerprint density at radius 2 is 2.05 bits per heavy atom. The van der Waals surface area contributed by atoms with Crippen molar-refractivity contribution in [1.29, 1.82) is 0 Å². The van der Waals surface area contributed by atoms with Crippen LogP contribution in [-0.4, -0.2) is 29.1 Å². The van der Waals surface area contributed by atoms with E-state index in [0.717, 1.165) is 36.4 Å². The summed E-state index contributed by atoms with van der Waals surface area (Å²) in [5.41, 5.74) is 1.01. The van der Waals surface area contributed by atoms with Crippen LogP contribution in [0.15, 0.2) is 36.4 Å². The number of halogens is 1. The van der Waals surface area contributed by atoms with Gasteiger partial charge in [0.25, 0.3) is 0 Å². The fourth-order valence-electron chi connectivity index (χ4n) is 2.85. The summed E-state index contributed by atoms with van der Waals surface area (Å²) in [5, 5.41) is 9.14. The molecule has 0 radical (unpaired) electrons. The van der Waals surface area contributed by atoms with Crippen LogP contribution >= 0.6 is 11.3 Å². The standard InChI is InChI=1S/C17H18FNO2S/c18-14-5-3-12(4-6-14)16-8-7-15(22-16)11-19-9-1-2-13(10-19)17(20)21/h3-8,13H,1-2,9-11H2,(H,20,21). The first-order valence-electron chi connectivity index (χ1n) is 7.41. The Bertz CT molecular complexity index is 653. The van der Waals surface area contributed by atoms with Crippen molar-refractivity contribution in [2.75, 3.05) is 13.1 Å². The fraction of sp³-hybridized carbons (Fsp3) is 0.353. The van der Waals surface area contributed by atoms with Crippen molar-refractivity contribution in [3.63, 3.8) is 0 Å². The Morgan fingerprint density at radius 1 is 1.27 bits per heavy atom. The molecule has 3 nitrogen and oxygen atoms in total. The van der Waals surface area contributed by atoms with Crippen LogP contribution in [0.25, 0.3) is 10.4 Å². The maximum atomic E-state index is 13.0. The lowest BCUT2D eigenvalue weighted by Crippen LogP contribution is -2.37. The summed E-state index contributed by atoms with van der Waals surface area (Å²) >= 11 is 1.68. The molecule has 5 heteroatoms. The molecule has 1 aromatic heterocycles. The fourth-order valence-corrected chi connectivity index (χ4v) is 3.91. The second-order valence-corrected chi connectivity index (χ2v) is 6.85. The number of thiophene rings is 1. The van der Waals surface area contributed by atoms with Crippen LogP contribution in [0, 0.1) is 11.7 Å². The molecule has 1 N–H and O–H groups in total. The number of rotatable bonds is 4. The summed E-state index contributed by atoms with van der Waals surface area (Å²) in [5.74, 6) is -1.17. The van der Waals surface area contributed by atoms with Gasteiger partial charge in [0.15, 0.2) is 0 Å². The highest BCUT2D eigenvalue weighted by molar-refractivity contribution is 7.15. The van der Waals surface area contributed by atoms with Gasteiger partial charge in [-0.1, -0.05) is 12.1 Å². The van der Waals surface area contributed by atoms with Crippen molar-refractivity contribution < 1.29 is 14.3 Å². The highest BCUT2D eigenvalue weighted by atomic mass is 32.1. The number of benzene rings is 1. The van der Waals surface area contributed by atoms with Crippen molar-refractivity contribution in [3.8, 4) is 10.4 Å². The Labute approximate surface area is 133 Å². The van der Waals surface area contributed by atoms with E-state index in [0.29, 0.717) is 6.54 Å². The average Bonchev–Trinajstić information content (AvgIpc) is 2.96. The van der Waals surface area contributed by atoms with Gasteiger partial charge in [0.05, 0.1) is 5.92 Å². The minimum Gasteiger partial charge on any atom is -0.481 e. The summed E-state index contributed by atoms with van der Waals surface area (Å²) in [6.07, 6.45) is 1.71. The van der Waals surface area contributed by atoms with Crippen LogP contribution in [-0.2, 0) is 11.3 Å². The zero-order valence-corrected chi connectivity index (χ0v) is 13.0. The van der Waals surface area contributed by atoms with E-state index in [1.165, 1.54) is 17.0 Å². The Morgan fingerprint density at radius 3 is 2.77 bits per heavy atom. The molecule has 2 heterocycles. The molecule has 1 unspecified atom stereocenters. The maximum Gasteiger partial charge on any atom is 0.307 e. The molecule has 0 saturated carbocycles. The highest BCUT2D eigenvalue weighted by Crippen LogP contribution is 2.30. The van der Waals surface area contributed by atoms with E-state index in [1.54, 1.807) is 23.5 Å². The zero-order chi connectivity index (χ0) is 15.5. The lowest BCUT2D eigenvalue weighted by atomic mass is 9.98. The van der Waals surface area contributed by atoms with Crippen LogP contribution < -0.4 is 0 Å². The largest absolute Gasteiger partial charge is 0.481 e. The molecule has 3 rings (SSSR count). The van der Waals surface area contributed by atoms with Crippen LogP contribution in [0.5, 0.6) is 0 Å². The second kappa shape index (κ2) is 6.58. The van der Waals surface area contributed by atoms with Crippen molar-refractivity contribution in [2.45, 2.75) is 19.4 Å². The summed E-state index contributed by atoms with van der Waals surface area (Å²) in [7, 11) is 0. The van der Waals surface area contributed by atoms with Crippen molar-refractivity contribution in [3.05, 3.63) is 47.1 Å². The lowest BCUT2D eigenvalue weighted by molar-refractivity contribution is -0.143. The number of hydrogen-bond donors (Lipinski definition) is 1. The third-order valence-corrected chi connectivity index (χ3v) is 5.14. The number of aliphatic carboxylic acids is 1. The van der Waals surface area contributed by atoms with E-state index in [2.05, 4.69) is 11.0 Å². The number of piperidine rings is 1. The lowest BCUT2D eigenvalue weighted by Gasteiger charge is -2.30. The molecule has 0 bridgehead atoms. The highest BCUT2D eigenvalue weighted by Gasteiger charge is 2.25.